The molecule has 1 aliphatic rings. The molecule has 5 nitrogen and oxygen atoms in total. The summed E-state index contributed by atoms with van der Waals surface area (Å²) in [5, 5.41) is 3.16. The van der Waals surface area contributed by atoms with Crippen molar-refractivity contribution in [3.63, 3.8) is 0 Å². The number of rotatable bonds is 6. The van der Waals surface area contributed by atoms with E-state index in [0.29, 0.717) is 11.7 Å². The number of aromatic nitrogens is 1. The maximum atomic E-state index is 12.7. The van der Waals surface area contributed by atoms with Crippen molar-refractivity contribution in [2.24, 2.45) is 5.92 Å². The lowest BCUT2D eigenvalue weighted by Crippen LogP contribution is -2.42. The van der Waals surface area contributed by atoms with Crippen LogP contribution in [0.2, 0.25) is 0 Å². The van der Waals surface area contributed by atoms with Crippen LogP contribution >= 0.6 is 0 Å². The fraction of sp³-hybridized carbons (Fsp3) is 0.400. The predicted molar refractivity (Wildman–Crippen MR) is 95.2 cm³/mol. The molecule has 5 heteroatoms. The van der Waals surface area contributed by atoms with E-state index in [1.165, 1.54) is 0 Å². The summed E-state index contributed by atoms with van der Waals surface area (Å²) in [5.74, 6) is 0.907. The number of amides is 1. The van der Waals surface area contributed by atoms with Crippen molar-refractivity contribution < 1.29 is 14.3 Å². The molecule has 0 bridgehead atoms. The van der Waals surface area contributed by atoms with Crippen LogP contribution in [0, 0.1) is 5.92 Å². The molecule has 1 amide bonds. The molecule has 132 valence electrons. The molecule has 2 atom stereocenters. The average molecular weight is 340 g/mol. The summed E-state index contributed by atoms with van der Waals surface area (Å²) in [4.78, 5) is 16.9. The molecule has 1 saturated heterocycles. The molecule has 1 fully saturated rings. The van der Waals surface area contributed by atoms with Crippen molar-refractivity contribution in [2.75, 3.05) is 13.2 Å². The summed E-state index contributed by atoms with van der Waals surface area (Å²) >= 11 is 0. The summed E-state index contributed by atoms with van der Waals surface area (Å²) in [7, 11) is 0. The number of pyridine rings is 1. The number of nitrogens with zero attached hydrogens (tertiary/aromatic N) is 1. The Labute approximate surface area is 148 Å². The Morgan fingerprint density at radius 2 is 1.96 bits per heavy atom. The molecule has 2 heterocycles. The molecule has 1 N–H and O–H groups in total. The fourth-order valence-electron chi connectivity index (χ4n) is 3.11. The van der Waals surface area contributed by atoms with Crippen LogP contribution in [0.5, 0.6) is 5.75 Å². The van der Waals surface area contributed by atoms with E-state index in [-0.39, 0.29) is 11.9 Å². The number of hydrogen-bond donors (Lipinski definition) is 1. The first kappa shape index (κ1) is 17.4. The molecule has 2 aromatic rings. The minimum Gasteiger partial charge on any atom is -0.481 e. The lowest BCUT2D eigenvalue weighted by molar-refractivity contribution is -0.128. The molecular weight excluding hydrogens is 316 g/mol. The number of para-hydroxylation sites is 1. The van der Waals surface area contributed by atoms with Crippen LogP contribution in [-0.4, -0.2) is 30.2 Å². The van der Waals surface area contributed by atoms with Crippen LogP contribution in [0.4, 0.5) is 0 Å². The predicted octanol–water partition coefficient (Wildman–Crippen LogP) is 3.13. The van der Waals surface area contributed by atoms with Crippen LogP contribution in [0.1, 0.15) is 31.4 Å². The normalized spacial score (nSPS) is 17.5. The minimum absolute atomic E-state index is 0.0769. The third kappa shape index (κ3) is 4.79. The van der Waals surface area contributed by atoms with Gasteiger partial charge in [-0.25, -0.2) is 0 Å². The van der Waals surface area contributed by atoms with Crippen LogP contribution in [0.3, 0.4) is 0 Å². The van der Waals surface area contributed by atoms with Gasteiger partial charge in [0, 0.05) is 25.6 Å². The maximum Gasteiger partial charge on any atom is 0.261 e. The van der Waals surface area contributed by atoms with Crippen molar-refractivity contribution in [1.29, 1.82) is 0 Å². The largest absolute Gasteiger partial charge is 0.481 e. The lowest BCUT2D eigenvalue weighted by Gasteiger charge is -2.32. The Bertz CT molecular complexity index is 657. The van der Waals surface area contributed by atoms with E-state index >= 15 is 0 Å². The molecule has 0 spiro atoms. The number of nitrogens with one attached hydrogen (secondary N) is 1. The summed E-state index contributed by atoms with van der Waals surface area (Å²) in [6.07, 6.45) is 4.85. The number of carbonyl (C=O) groups excluding carboxylic acids is 1. The Morgan fingerprint density at radius 3 is 2.64 bits per heavy atom. The first-order chi connectivity index (χ1) is 12.2. The summed E-state index contributed by atoms with van der Waals surface area (Å²) < 4.78 is 11.2. The number of hydrogen-bond acceptors (Lipinski definition) is 4. The first-order valence-corrected chi connectivity index (χ1v) is 8.74. The van der Waals surface area contributed by atoms with Crippen molar-refractivity contribution in [3.05, 3.63) is 60.4 Å². The highest BCUT2D eigenvalue weighted by Crippen LogP contribution is 2.30. The van der Waals surface area contributed by atoms with Crippen LogP contribution < -0.4 is 10.1 Å². The van der Waals surface area contributed by atoms with E-state index in [1.54, 1.807) is 13.1 Å². The topological polar surface area (TPSA) is 60.5 Å². The van der Waals surface area contributed by atoms with E-state index in [4.69, 9.17) is 9.47 Å². The van der Waals surface area contributed by atoms with Gasteiger partial charge in [0.1, 0.15) is 5.75 Å². The Morgan fingerprint density at radius 1 is 1.20 bits per heavy atom. The second kappa shape index (κ2) is 8.62. The average Bonchev–Trinajstić information content (AvgIpc) is 2.68. The number of ether oxygens (including phenoxy) is 2. The highest BCUT2D eigenvalue weighted by molar-refractivity contribution is 5.81. The van der Waals surface area contributed by atoms with Crippen LogP contribution in [-0.2, 0) is 9.53 Å². The van der Waals surface area contributed by atoms with E-state index in [0.717, 1.165) is 31.6 Å². The van der Waals surface area contributed by atoms with Crippen molar-refractivity contribution >= 4 is 5.91 Å². The molecule has 25 heavy (non-hydrogen) atoms. The van der Waals surface area contributed by atoms with Crippen LogP contribution in [0.15, 0.2) is 54.9 Å². The van der Waals surface area contributed by atoms with Gasteiger partial charge in [-0.1, -0.05) is 24.3 Å². The minimum atomic E-state index is -0.568. The molecule has 1 aromatic heterocycles. The maximum absolute atomic E-state index is 12.7. The molecule has 3 rings (SSSR count). The van der Waals surface area contributed by atoms with E-state index in [9.17, 15) is 4.79 Å². The first-order valence-electron chi connectivity index (χ1n) is 8.74. The summed E-state index contributed by atoms with van der Waals surface area (Å²) in [6.45, 7) is 3.23. The second-order valence-electron chi connectivity index (χ2n) is 6.30. The van der Waals surface area contributed by atoms with E-state index in [1.807, 2.05) is 48.7 Å². The SMILES string of the molecule is CC(Oc1ccccc1)C(=O)NC(c1cccnc1)C1CCOCC1. The third-order valence-electron chi connectivity index (χ3n) is 4.50. The molecule has 1 aliphatic heterocycles. The molecular formula is C20H24N2O3. The smallest absolute Gasteiger partial charge is 0.261 e. The zero-order valence-electron chi connectivity index (χ0n) is 14.4. The van der Waals surface area contributed by atoms with Crippen molar-refractivity contribution in [1.82, 2.24) is 10.3 Å². The van der Waals surface area contributed by atoms with Crippen molar-refractivity contribution in [3.8, 4) is 5.75 Å². The Balaban J connectivity index is 1.69. The Kier molecular flexibility index (Phi) is 6.01. The highest BCUT2D eigenvalue weighted by Gasteiger charge is 2.29. The molecule has 0 aliphatic carbocycles. The highest BCUT2D eigenvalue weighted by atomic mass is 16.5. The molecule has 2 unspecified atom stereocenters. The number of carbonyl (C=O) groups is 1. The summed E-state index contributed by atoms with van der Waals surface area (Å²) in [5.41, 5.74) is 1.02. The molecule has 0 radical (unpaired) electrons. The lowest BCUT2D eigenvalue weighted by atomic mass is 9.87. The van der Waals surface area contributed by atoms with Gasteiger partial charge in [-0.15, -0.1) is 0 Å². The zero-order valence-corrected chi connectivity index (χ0v) is 14.4. The van der Waals surface area contributed by atoms with Gasteiger partial charge >= 0.3 is 0 Å². The van der Waals surface area contributed by atoms with Gasteiger partial charge in [-0.2, -0.15) is 0 Å². The standard InChI is InChI=1S/C20H24N2O3/c1-15(25-18-7-3-2-4-8-18)20(23)22-19(16-9-12-24-13-10-16)17-6-5-11-21-14-17/h2-8,11,14-16,19H,9-10,12-13H2,1H3,(H,22,23). The van der Waals surface area contributed by atoms with Gasteiger partial charge in [-0.05, 0) is 49.4 Å². The summed E-state index contributed by atoms with van der Waals surface area (Å²) in [6, 6.07) is 13.2. The van der Waals surface area contributed by atoms with Gasteiger partial charge in [0.25, 0.3) is 5.91 Å². The third-order valence-corrected chi connectivity index (χ3v) is 4.50. The van der Waals surface area contributed by atoms with E-state index < -0.39 is 6.10 Å². The van der Waals surface area contributed by atoms with Gasteiger partial charge in [0.05, 0.1) is 6.04 Å². The molecule has 0 saturated carbocycles. The second-order valence-corrected chi connectivity index (χ2v) is 6.30. The van der Waals surface area contributed by atoms with Crippen LogP contribution in [0.25, 0.3) is 0 Å². The molecule has 1 aromatic carbocycles. The van der Waals surface area contributed by atoms with Gasteiger partial charge < -0.3 is 14.8 Å². The van der Waals surface area contributed by atoms with Gasteiger partial charge in [0.15, 0.2) is 6.10 Å². The monoisotopic (exact) mass is 340 g/mol. The van der Waals surface area contributed by atoms with E-state index in [2.05, 4.69) is 10.3 Å². The number of benzene rings is 1. The quantitative estimate of drug-likeness (QED) is 0.878. The fourth-order valence-corrected chi connectivity index (χ4v) is 3.11. The Hall–Kier alpha value is -2.40. The van der Waals surface area contributed by atoms with Crippen molar-refractivity contribution in [2.45, 2.75) is 31.9 Å². The van der Waals surface area contributed by atoms with Gasteiger partial charge in [0.2, 0.25) is 0 Å². The van der Waals surface area contributed by atoms with Gasteiger partial charge in [-0.3, -0.25) is 9.78 Å². The zero-order chi connectivity index (χ0) is 17.5.